The zero-order valence-electron chi connectivity index (χ0n) is 9.67. The summed E-state index contributed by atoms with van der Waals surface area (Å²) < 4.78 is 1.61. The fourth-order valence-corrected chi connectivity index (χ4v) is 1.40. The van der Waals surface area contributed by atoms with E-state index in [0.717, 1.165) is 0 Å². The molecule has 2 heterocycles. The Hall–Kier alpha value is -2.02. The average molecular weight is 267 g/mol. The zero-order chi connectivity index (χ0) is 13.0. The Morgan fingerprint density at radius 2 is 2.22 bits per heavy atom. The van der Waals surface area contributed by atoms with Gasteiger partial charge in [0.15, 0.2) is 5.82 Å². The van der Waals surface area contributed by atoms with Crippen molar-refractivity contribution in [3.05, 3.63) is 35.4 Å². The molecule has 8 heteroatoms. The Morgan fingerprint density at radius 3 is 2.83 bits per heavy atom. The predicted molar refractivity (Wildman–Crippen MR) is 64.1 cm³/mol. The van der Waals surface area contributed by atoms with Crippen LogP contribution in [-0.2, 0) is 13.5 Å². The maximum Gasteiger partial charge on any atom is 0.271 e. The first kappa shape index (κ1) is 12.4. The van der Waals surface area contributed by atoms with Gasteiger partial charge >= 0.3 is 0 Å². The number of aromatic nitrogens is 5. The molecule has 0 atom stereocenters. The molecule has 2 rings (SSSR count). The van der Waals surface area contributed by atoms with Crippen LogP contribution in [0.25, 0.3) is 0 Å². The summed E-state index contributed by atoms with van der Waals surface area (Å²) in [5, 5.41) is 7.06. The Labute approximate surface area is 108 Å². The van der Waals surface area contributed by atoms with E-state index in [2.05, 4.69) is 25.4 Å². The van der Waals surface area contributed by atoms with E-state index in [4.69, 9.17) is 11.6 Å². The molecule has 0 saturated heterocycles. The van der Waals surface area contributed by atoms with Crippen LogP contribution in [-0.4, -0.2) is 37.2 Å². The van der Waals surface area contributed by atoms with E-state index < -0.39 is 0 Å². The monoisotopic (exact) mass is 266 g/mol. The maximum absolute atomic E-state index is 11.6. The lowest BCUT2D eigenvalue weighted by atomic mass is 10.3. The summed E-state index contributed by atoms with van der Waals surface area (Å²) in [6.07, 6.45) is 4.84. The fourth-order valence-electron chi connectivity index (χ4n) is 1.31. The summed E-state index contributed by atoms with van der Waals surface area (Å²) in [6.45, 7) is 0.438. The summed E-state index contributed by atoms with van der Waals surface area (Å²) in [7, 11) is 1.79. The van der Waals surface area contributed by atoms with Gasteiger partial charge < -0.3 is 5.32 Å². The first-order valence-electron chi connectivity index (χ1n) is 5.25. The molecule has 94 valence electrons. The molecule has 0 radical (unpaired) electrons. The molecule has 0 aromatic carbocycles. The number of carbonyl (C=O) groups is 1. The molecule has 0 saturated carbocycles. The third kappa shape index (κ3) is 3.24. The van der Waals surface area contributed by atoms with Crippen molar-refractivity contribution in [1.29, 1.82) is 0 Å². The van der Waals surface area contributed by atoms with Crippen LogP contribution in [0.3, 0.4) is 0 Å². The standard InChI is InChI=1S/C10H11ClN6O/c1-17-6-15-9(16-17)2-3-12-10(18)7-4-14-8(11)5-13-7/h4-6H,2-3H2,1H3,(H,12,18). The van der Waals surface area contributed by atoms with Gasteiger partial charge in [0.05, 0.1) is 12.4 Å². The van der Waals surface area contributed by atoms with Crippen LogP contribution in [0.15, 0.2) is 18.7 Å². The van der Waals surface area contributed by atoms with Crippen molar-refractivity contribution >= 4 is 17.5 Å². The fraction of sp³-hybridized carbons (Fsp3) is 0.300. The van der Waals surface area contributed by atoms with Gasteiger partial charge in [-0.1, -0.05) is 11.6 Å². The van der Waals surface area contributed by atoms with Crippen molar-refractivity contribution < 1.29 is 4.79 Å². The number of hydrogen-bond acceptors (Lipinski definition) is 5. The van der Waals surface area contributed by atoms with E-state index in [-0.39, 0.29) is 16.8 Å². The Morgan fingerprint density at radius 1 is 1.39 bits per heavy atom. The van der Waals surface area contributed by atoms with Crippen molar-refractivity contribution in [1.82, 2.24) is 30.0 Å². The van der Waals surface area contributed by atoms with Gasteiger partial charge in [-0.3, -0.25) is 9.48 Å². The van der Waals surface area contributed by atoms with Gasteiger partial charge in [0, 0.05) is 20.0 Å². The van der Waals surface area contributed by atoms with Crippen LogP contribution >= 0.6 is 11.6 Å². The second-order valence-electron chi connectivity index (χ2n) is 3.56. The van der Waals surface area contributed by atoms with Crippen molar-refractivity contribution in [3.63, 3.8) is 0 Å². The minimum absolute atomic E-state index is 0.230. The molecular weight excluding hydrogens is 256 g/mol. The van der Waals surface area contributed by atoms with Gasteiger partial charge in [-0.25, -0.2) is 15.0 Å². The summed E-state index contributed by atoms with van der Waals surface area (Å²) in [6, 6.07) is 0. The highest BCUT2D eigenvalue weighted by atomic mass is 35.5. The van der Waals surface area contributed by atoms with Crippen LogP contribution in [0.5, 0.6) is 0 Å². The zero-order valence-corrected chi connectivity index (χ0v) is 10.4. The molecule has 0 unspecified atom stereocenters. The molecule has 2 aromatic rings. The lowest BCUT2D eigenvalue weighted by Gasteiger charge is -2.02. The topological polar surface area (TPSA) is 85.6 Å². The van der Waals surface area contributed by atoms with Crippen LogP contribution in [0.2, 0.25) is 5.15 Å². The van der Waals surface area contributed by atoms with Gasteiger partial charge in [0.25, 0.3) is 5.91 Å². The highest BCUT2D eigenvalue weighted by molar-refractivity contribution is 6.29. The predicted octanol–water partition coefficient (Wildman–Crippen LogP) is 0.231. The van der Waals surface area contributed by atoms with Crippen molar-refractivity contribution in [3.8, 4) is 0 Å². The number of halogens is 1. The van der Waals surface area contributed by atoms with Crippen LogP contribution in [0.4, 0.5) is 0 Å². The van der Waals surface area contributed by atoms with Crippen LogP contribution in [0.1, 0.15) is 16.3 Å². The number of hydrogen-bond donors (Lipinski definition) is 1. The van der Waals surface area contributed by atoms with E-state index in [1.807, 2.05) is 0 Å². The molecule has 1 N–H and O–H groups in total. The summed E-state index contributed by atoms with van der Waals surface area (Å²) in [5.41, 5.74) is 0.230. The lowest BCUT2D eigenvalue weighted by Crippen LogP contribution is -2.26. The minimum Gasteiger partial charge on any atom is -0.350 e. The normalized spacial score (nSPS) is 10.3. The molecule has 0 bridgehead atoms. The highest BCUT2D eigenvalue weighted by Crippen LogP contribution is 2.01. The quantitative estimate of drug-likeness (QED) is 0.856. The smallest absolute Gasteiger partial charge is 0.271 e. The first-order chi connectivity index (χ1) is 8.65. The molecule has 0 spiro atoms. The van der Waals surface area contributed by atoms with E-state index in [1.54, 1.807) is 18.1 Å². The molecule has 0 aliphatic rings. The Balaban J connectivity index is 1.83. The van der Waals surface area contributed by atoms with Gasteiger partial charge in [0.2, 0.25) is 0 Å². The SMILES string of the molecule is Cn1cnc(CCNC(=O)c2cnc(Cl)cn2)n1. The summed E-state index contributed by atoms with van der Waals surface area (Å²) in [4.78, 5) is 23.4. The number of nitrogens with zero attached hydrogens (tertiary/aromatic N) is 5. The molecule has 1 amide bonds. The van der Waals surface area contributed by atoms with E-state index >= 15 is 0 Å². The second-order valence-corrected chi connectivity index (χ2v) is 3.95. The molecular formula is C10H11ClN6O. The first-order valence-corrected chi connectivity index (χ1v) is 5.63. The Bertz CT molecular complexity index is 538. The van der Waals surface area contributed by atoms with Crippen molar-refractivity contribution in [2.75, 3.05) is 6.54 Å². The molecule has 18 heavy (non-hydrogen) atoms. The van der Waals surface area contributed by atoms with E-state index in [0.29, 0.717) is 18.8 Å². The number of carbonyl (C=O) groups excluding carboxylic acids is 1. The summed E-state index contributed by atoms with van der Waals surface area (Å²) >= 11 is 5.58. The largest absolute Gasteiger partial charge is 0.350 e. The van der Waals surface area contributed by atoms with Crippen molar-refractivity contribution in [2.45, 2.75) is 6.42 Å². The maximum atomic E-state index is 11.6. The van der Waals surface area contributed by atoms with Gasteiger partial charge in [-0.05, 0) is 0 Å². The molecule has 2 aromatic heterocycles. The third-order valence-electron chi connectivity index (χ3n) is 2.13. The third-order valence-corrected chi connectivity index (χ3v) is 2.33. The second kappa shape index (κ2) is 5.54. The number of aryl methyl sites for hydroxylation is 1. The van der Waals surface area contributed by atoms with Crippen molar-refractivity contribution in [2.24, 2.45) is 7.05 Å². The van der Waals surface area contributed by atoms with Gasteiger partial charge in [0.1, 0.15) is 17.2 Å². The Kier molecular flexibility index (Phi) is 3.83. The van der Waals surface area contributed by atoms with Gasteiger partial charge in [-0.15, -0.1) is 0 Å². The van der Waals surface area contributed by atoms with E-state index in [9.17, 15) is 4.79 Å². The molecule has 0 aliphatic heterocycles. The molecule has 0 aliphatic carbocycles. The van der Waals surface area contributed by atoms with E-state index in [1.165, 1.54) is 12.4 Å². The van der Waals surface area contributed by atoms with Crippen LogP contribution < -0.4 is 5.32 Å². The molecule has 7 nitrogen and oxygen atoms in total. The average Bonchev–Trinajstić information content (AvgIpc) is 2.76. The van der Waals surface area contributed by atoms with Gasteiger partial charge in [-0.2, -0.15) is 5.10 Å². The molecule has 0 fully saturated rings. The number of rotatable bonds is 4. The minimum atomic E-state index is -0.296. The number of nitrogens with one attached hydrogen (secondary N) is 1. The lowest BCUT2D eigenvalue weighted by molar-refractivity contribution is 0.0948. The number of amides is 1. The van der Waals surface area contributed by atoms with Crippen LogP contribution in [0, 0.1) is 0 Å². The summed E-state index contributed by atoms with van der Waals surface area (Å²) in [5.74, 6) is 0.384. The highest BCUT2D eigenvalue weighted by Gasteiger charge is 2.07.